The van der Waals surface area contributed by atoms with Crippen LogP contribution in [0, 0.1) is 0 Å². The summed E-state index contributed by atoms with van der Waals surface area (Å²) in [6.45, 7) is 4.48. The third kappa shape index (κ3) is 4.89. The predicted molar refractivity (Wildman–Crippen MR) is 98.9 cm³/mol. The van der Waals surface area contributed by atoms with Crippen molar-refractivity contribution in [3.05, 3.63) is 59.4 Å². The first-order valence-corrected chi connectivity index (χ1v) is 9.81. The molecule has 2 aromatic rings. The third-order valence-corrected chi connectivity index (χ3v) is 5.98. The lowest BCUT2D eigenvalue weighted by Crippen LogP contribution is -2.30. The Kier molecular flexibility index (Phi) is 6.65. The largest absolute Gasteiger partial charge is 0.477 e. The molecule has 9 heteroatoms. The van der Waals surface area contributed by atoms with E-state index < -0.39 is 21.9 Å². The zero-order valence-electron chi connectivity index (χ0n) is 15.0. The summed E-state index contributed by atoms with van der Waals surface area (Å²) in [4.78, 5) is 27.0. The molecule has 0 bridgehead atoms. The van der Waals surface area contributed by atoms with Crippen LogP contribution in [0.15, 0.2) is 47.4 Å². The molecule has 0 atom stereocenters. The normalized spacial score (nSPS) is 11.4. The van der Waals surface area contributed by atoms with Gasteiger partial charge in [-0.15, -0.1) is 0 Å². The van der Waals surface area contributed by atoms with Gasteiger partial charge in [-0.05, 0) is 29.8 Å². The number of nitrogens with zero attached hydrogens (tertiary/aromatic N) is 2. The minimum Gasteiger partial charge on any atom is -0.477 e. The van der Waals surface area contributed by atoms with Gasteiger partial charge in [-0.25, -0.2) is 18.2 Å². The highest BCUT2D eigenvalue weighted by atomic mass is 32.2. The Morgan fingerprint density at radius 2 is 1.63 bits per heavy atom. The minimum atomic E-state index is -3.52. The fourth-order valence-electron chi connectivity index (χ4n) is 2.45. The molecule has 2 rings (SSSR count). The van der Waals surface area contributed by atoms with Crippen LogP contribution >= 0.6 is 0 Å². The van der Waals surface area contributed by atoms with Crippen molar-refractivity contribution in [2.24, 2.45) is 0 Å². The van der Waals surface area contributed by atoms with Gasteiger partial charge in [-0.3, -0.25) is 4.79 Å². The standard InChI is InChI=1S/C18H21N3O5S/c1-3-21(4-2)27(25,26)14-10-8-13(9-11-14)12-19-17(22)15-6-5-7-16(20-15)18(23)24/h5-11H,3-4,12H2,1-2H3,(H,19,22)(H,23,24). The fraction of sp³-hybridized carbons (Fsp3) is 0.278. The molecule has 27 heavy (non-hydrogen) atoms. The summed E-state index contributed by atoms with van der Waals surface area (Å²) in [7, 11) is -3.52. The van der Waals surface area contributed by atoms with Crippen LogP contribution in [-0.2, 0) is 16.6 Å². The van der Waals surface area contributed by atoms with Gasteiger partial charge in [0.1, 0.15) is 11.4 Å². The van der Waals surface area contributed by atoms with Gasteiger partial charge in [0, 0.05) is 19.6 Å². The maximum absolute atomic E-state index is 12.4. The maximum atomic E-state index is 12.4. The summed E-state index contributed by atoms with van der Waals surface area (Å²) in [6, 6.07) is 10.4. The van der Waals surface area contributed by atoms with Gasteiger partial charge in [0.2, 0.25) is 10.0 Å². The van der Waals surface area contributed by atoms with E-state index in [-0.39, 0.29) is 22.8 Å². The summed E-state index contributed by atoms with van der Waals surface area (Å²) < 4.78 is 26.3. The van der Waals surface area contributed by atoms with Gasteiger partial charge < -0.3 is 10.4 Å². The molecule has 8 nitrogen and oxygen atoms in total. The molecular formula is C18H21N3O5S. The van der Waals surface area contributed by atoms with Gasteiger partial charge in [0.15, 0.2) is 0 Å². The van der Waals surface area contributed by atoms with Crippen LogP contribution in [0.3, 0.4) is 0 Å². The topological polar surface area (TPSA) is 117 Å². The van der Waals surface area contributed by atoms with Gasteiger partial charge in [0.05, 0.1) is 4.90 Å². The maximum Gasteiger partial charge on any atom is 0.354 e. The summed E-state index contributed by atoms with van der Waals surface area (Å²) in [5.41, 5.74) is 0.487. The van der Waals surface area contributed by atoms with Crippen molar-refractivity contribution in [3.8, 4) is 0 Å². The predicted octanol–water partition coefficient (Wildman–Crippen LogP) is 1.74. The molecular weight excluding hydrogens is 370 g/mol. The molecule has 0 aliphatic rings. The molecule has 0 saturated heterocycles. The number of hydrogen-bond acceptors (Lipinski definition) is 5. The summed E-state index contributed by atoms with van der Waals surface area (Å²) in [5.74, 6) is -1.73. The number of pyridine rings is 1. The first-order valence-electron chi connectivity index (χ1n) is 8.37. The lowest BCUT2D eigenvalue weighted by molar-refractivity contribution is 0.0690. The molecule has 0 radical (unpaired) electrons. The molecule has 144 valence electrons. The fourth-order valence-corrected chi connectivity index (χ4v) is 3.90. The van der Waals surface area contributed by atoms with Crippen LogP contribution in [-0.4, -0.2) is 47.8 Å². The van der Waals surface area contributed by atoms with Crippen molar-refractivity contribution in [3.63, 3.8) is 0 Å². The van der Waals surface area contributed by atoms with Gasteiger partial charge in [0.25, 0.3) is 5.91 Å². The average Bonchev–Trinajstić information content (AvgIpc) is 2.67. The molecule has 0 unspecified atom stereocenters. The van der Waals surface area contributed by atoms with Crippen molar-refractivity contribution in [1.29, 1.82) is 0 Å². The number of carbonyl (C=O) groups is 2. The Labute approximate surface area is 157 Å². The van der Waals surface area contributed by atoms with Crippen LogP contribution in [0.2, 0.25) is 0 Å². The van der Waals surface area contributed by atoms with Crippen molar-refractivity contribution in [2.45, 2.75) is 25.3 Å². The van der Waals surface area contributed by atoms with Crippen molar-refractivity contribution in [1.82, 2.24) is 14.6 Å². The molecule has 1 aromatic heterocycles. The molecule has 0 aliphatic heterocycles. The third-order valence-electron chi connectivity index (χ3n) is 3.92. The smallest absolute Gasteiger partial charge is 0.354 e. The Balaban J connectivity index is 2.06. The molecule has 1 amide bonds. The number of sulfonamides is 1. The van der Waals surface area contributed by atoms with E-state index in [1.807, 2.05) is 0 Å². The van der Waals surface area contributed by atoms with E-state index in [1.165, 1.54) is 34.6 Å². The van der Waals surface area contributed by atoms with Crippen molar-refractivity contribution < 1.29 is 23.1 Å². The van der Waals surface area contributed by atoms with E-state index in [2.05, 4.69) is 10.3 Å². The van der Waals surface area contributed by atoms with Crippen LogP contribution in [0.4, 0.5) is 0 Å². The van der Waals surface area contributed by atoms with E-state index in [4.69, 9.17) is 5.11 Å². The Bertz CT molecular complexity index is 922. The summed E-state index contributed by atoms with van der Waals surface area (Å²) in [5, 5.41) is 11.5. The molecule has 0 spiro atoms. The molecule has 0 saturated carbocycles. The second kappa shape index (κ2) is 8.74. The number of hydrogen-bond donors (Lipinski definition) is 2. The number of amides is 1. The van der Waals surface area contributed by atoms with Crippen molar-refractivity contribution in [2.75, 3.05) is 13.1 Å². The average molecular weight is 391 g/mol. The lowest BCUT2D eigenvalue weighted by atomic mass is 10.2. The molecule has 1 aromatic carbocycles. The van der Waals surface area contributed by atoms with E-state index in [0.717, 1.165) is 0 Å². The monoisotopic (exact) mass is 391 g/mol. The van der Waals surface area contributed by atoms with Crippen LogP contribution in [0.1, 0.15) is 40.4 Å². The van der Waals surface area contributed by atoms with Crippen LogP contribution in [0.25, 0.3) is 0 Å². The van der Waals surface area contributed by atoms with Crippen LogP contribution in [0.5, 0.6) is 0 Å². The second-order valence-corrected chi connectivity index (χ2v) is 7.57. The zero-order valence-corrected chi connectivity index (χ0v) is 15.9. The van der Waals surface area contributed by atoms with E-state index in [0.29, 0.717) is 18.7 Å². The number of carboxylic acid groups (broad SMARTS) is 1. The van der Waals surface area contributed by atoms with Crippen LogP contribution < -0.4 is 5.32 Å². The lowest BCUT2D eigenvalue weighted by Gasteiger charge is -2.18. The van der Waals surface area contributed by atoms with E-state index >= 15 is 0 Å². The highest BCUT2D eigenvalue weighted by Gasteiger charge is 2.21. The first-order chi connectivity index (χ1) is 12.8. The molecule has 1 heterocycles. The number of aromatic nitrogens is 1. The zero-order chi connectivity index (χ0) is 20.0. The van der Waals surface area contributed by atoms with E-state index in [9.17, 15) is 18.0 Å². The Morgan fingerprint density at radius 1 is 1.04 bits per heavy atom. The first kappa shape index (κ1) is 20.5. The van der Waals surface area contributed by atoms with Gasteiger partial charge in [-0.2, -0.15) is 4.31 Å². The SMILES string of the molecule is CCN(CC)S(=O)(=O)c1ccc(CNC(=O)c2cccc(C(=O)O)n2)cc1. The number of aromatic carboxylic acids is 1. The number of carboxylic acids is 1. The highest BCUT2D eigenvalue weighted by Crippen LogP contribution is 2.16. The Morgan fingerprint density at radius 3 is 2.19 bits per heavy atom. The summed E-state index contributed by atoms with van der Waals surface area (Å²) >= 11 is 0. The molecule has 0 fully saturated rings. The Hall–Kier alpha value is -2.78. The second-order valence-electron chi connectivity index (χ2n) is 5.63. The number of benzene rings is 1. The summed E-state index contributed by atoms with van der Waals surface area (Å²) in [6.07, 6.45) is 0. The highest BCUT2D eigenvalue weighted by molar-refractivity contribution is 7.89. The molecule has 2 N–H and O–H groups in total. The number of carbonyl (C=O) groups excluding carboxylic acids is 1. The van der Waals surface area contributed by atoms with Gasteiger partial charge in [-0.1, -0.05) is 32.0 Å². The van der Waals surface area contributed by atoms with Gasteiger partial charge >= 0.3 is 5.97 Å². The number of rotatable bonds is 8. The number of nitrogens with one attached hydrogen (secondary N) is 1. The van der Waals surface area contributed by atoms with E-state index in [1.54, 1.807) is 26.0 Å². The minimum absolute atomic E-state index is 0.00405. The molecule has 0 aliphatic carbocycles. The quantitative estimate of drug-likeness (QED) is 0.708. The van der Waals surface area contributed by atoms with Crippen molar-refractivity contribution >= 4 is 21.9 Å².